The third kappa shape index (κ3) is 1.03. The van der Waals surface area contributed by atoms with Crippen LogP contribution in [0.5, 0.6) is 0 Å². The molecule has 0 bridgehead atoms. The Hall–Kier alpha value is -1.01. The zero-order chi connectivity index (χ0) is 7.07. The SMILES string of the molecule is NC1=C(F)OC(N)(N)O1. The zero-order valence-corrected chi connectivity index (χ0v) is 4.43. The minimum atomic E-state index is -1.94. The lowest BCUT2D eigenvalue weighted by atomic mass is 10.9. The second-order valence-electron chi connectivity index (χ2n) is 1.56. The Morgan fingerprint density at radius 3 is 2.00 bits per heavy atom. The molecule has 0 radical (unpaired) electrons. The summed E-state index contributed by atoms with van der Waals surface area (Å²) in [5.74, 6) is -0.528. The molecular formula is C3H6FN3O2. The smallest absolute Gasteiger partial charge is 0.379 e. The van der Waals surface area contributed by atoms with Crippen LogP contribution in [-0.2, 0) is 9.47 Å². The number of ether oxygens (including phenoxy) is 2. The van der Waals surface area contributed by atoms with Gasteiger partial charge in [-0.2, -0.15) is 4.39 Å². The molecule has 6 N–H and O–H groups in total. The fraction of sp³-hybridized carbons (Fsp3) is 0.333. The van der Waals surface area contributed by atoms with Crippen LogP contribution in [0.15, 0.2) is 11.9 Å². The summed E-state index contributed by atoms with van der Waals surface area (Å²) in [6, 6.07) is -3.02. The average Bonchev–Trinajstić information content (AvgIpc) is 1.79. The predicted octanol–water partition coefficient (Wildman–Crippen LogP) is -1.38. The summed E-state index contributed by atoms with van der Waals surface area (Å²) in [4.78, 5) is 0. The van der Waals surface area contributed by atoms with Crippen molar-refractivity contribution in [2.24, 2.45) is 17.2 Å². The number of nitrogens with two attached hydrogens (primary N) is 3. The highest BCUT2D eigenvalue weighted by molar-refractivity contribution is 4.94. The Bertz CT molecular complexity index is 150. The van der Waals surface area contributed by atoms with E-state index in [2.05, 4.69) is 9.47 Å². The number of halogens is 1. The predicted molar refractivity (Wildman–Crippen MR) is 25.6 cm³/mol. The molecule has 9 heavy (non-hydrogen) atoms. The highest BCUT2D eigenvalue weighted by Crippen LogP contribution is 2.20. The average molecular weight is 135 g/mol. The largest absolute Gasteiger partial charge is 0.405 e. The van der Waals surface area contributed by atoms with Crippen LogP contribution >= 0.6 is 0 Å². The van der Waals surface area contributed by atoms with Gasteiger partial charge in [0.15, 0.2) is 0 Å². The summed E-state index contributed by atoms with van der Waals surface area (Å²) in [5.41, 5.74) is 14.7. The van der Waals surface area contributed by atoms with Crippen LogP contribution in [0.3, 0.4) is 0 Å². The van der Waals surface area contributed by atoms with E-state index in [1.807, 2.05) is 0 Å². The normalized spacial score (nSPS) is 23.4. The Kier molecular flexibility index (Phi) is 1.01. The van der Waals surface area contributed by atoms with E-state index in [-0.39, 0.29) is 0 Å². The fourth-order valence-electron chi connectivity index (χ4n) is 0.423. The molecule has 5 nitrogen and oxygen atoms in total. The third-order valence-electron chi connectivity index (χ3n) is 0.712. The molecule has 1 rings (SSSR count). The lowest BCUT2D eigenvalue weighted by molar-refractivity contribution is -0.152. The number of hydrogen-bond acceptors (Lipinski definition) is 5. The van der Waals surface area contributed by atoms with Crippen LogP contribution in [-0.4, -0.2) is 6.03 Å². The van der Waals surface area contributed by atoms with Gasteiger partial charge in [-0.15, -0.1) is 0 Å². The molecule has 0 unspecified atom stereocenters. The summed E-state index contributed by atoms with van der Waals surface area (Å²) >= 11 is 0. The van der Waals surface area contributed by atoms with E-state index in [4.69, 9.17) is 17.2 Å². The van der Waals surface area contributed by atoms with Crippen LogP contribution < -0.4 is 17.2 Å². The Balaban J connectivity index is 2.70. The lowest BCUT2D eigenvalue weighted by Gasteiger charge is -2.14. The Labute approximate surface area is 50.2 Å². The zero-order valence-electron chi connectivity index (χ0n) is 4.43. The third-order valence-corrected chi connectivity index (χ3v) is 0.712. The van der Waals surface area contributed by atoms with Crippen molar-refractivity contribution >= 4 is 0 Å². The summed E-state index contributed by atoms with van der Waals surface area (Å²) in [7, 11) is 0. The molecule has 6 heteroatoms. The van der Waals surface area contributed by atoms with Gasteiger partial charge in [0.1, 0.15) is 0 Å². The molecular weight excluding hydrogens is 129 g/mol. The van der Waals surface area contributed by atoms with E-state index in [9.17, 15) is 4.39 Å². The van der Waals surface area contributed by atoms with Gasteiger partial charge in [0.25, 0.3) is 5.88 Å². The molecule has 0 atom stereocenters. The highest BCUT2D eigenvalue weighted by Gasteiger charge is 2.34. The van der Waals surface area contributed by atoms with Crippen LogP contribution in [0.1, 0.15) is 0 Å². The van der Waals surface area contributed by atoms with Crippen molar-refractivity contribution in [2.75, 3.05) is 0 Å². The molecule has 0 saturated carbocycles. The summed E-state index contributed by atoms with van der Waals surface area (Å²) < 4.78 is 20.4. The van der Waals surface area contributed by atoms with Crippen LogP contribution in [0.25, 0.3) is 0 Å². The topological polar surface area (TPSA) is 96.5 Å². The standard InChI is InChI=1S/C3H6FN3O2/c4-1-2(5)9-3(6,7)8-1/h5-7H2. The van der Waals surface area contributed by atoms with Crippen LogP contribution in [0.2, 0.25) is 0 Å². The summed E-state index contributed by atoms with van der Waals surface area (Å²) in [6.07, 6.45) is 0. The lowest BCUT2D eigenvalue weighted by Crippen LogP contribution is -2.51. The monoisotopic (exact) mass is 135 g/mol. The fourth-order valence-corrected chi connectivity index (χ4v) is 0.423. The first-order chi connectivity index (χ1) is 4.01. The summed E-state index contributed by atoms with van der Waals surface area (Å²) in [6.45, 7) is 0. The molecule has 0 spiro atoms. The van der Waals surface area contributed by atoms with Gasteiger partial charge in [0.05, 0.1) is 0 Å². The molecule has 0 aromatic carbocycles. The van der Waals surface area contributed by atoms with Crippen molar-refractivity contribution in [3.63, 3.8) is 0 Å². The number of rotatable bonds is 0. The van der Waals surface area contributed by atoms with E-state index >= 15 is 0 Å². The van der Waals surface area contributed by atoms with Gasteiger partial charge in [-0.3, -0.25) is 0 Å². The van der Waals surface area contributed by atoms with Gasteiger partial charge in [-0.1, -0.05) is 0 Å². The maximum Gasteiger partial charge on any atom is 0.379 e. The van der Waals surface area contributed by atoms with E-state index in [1.165, 1.54) is 0 Å². The van der Waals surface area contributed by atoms with Gasteiger partial charge < -0.3 is 15.2 Å². The van der Waals surface area contributed by atoms with E-state index in [0.29, 0.717) is 0 Å². The molecule has 52 valence electrons. The van der Waals surface area contributed by atoms with Gasteiger partial charge in [-0.25, -0.2) is 11.5 Å². The minimum absolute atomic E-state index is 0.528. The van der Waals surface area contributed by atoms with Crippen LogP contribution in [0.4, 0.5) is 4.39 Å². The van der Waals surface area contributed by atoms with Gasteiger partial charge in [-0.05, 0) is 0 Å². The first-order valence-electron chi connectivity index (χ1n) is 2.12. The van der Waals surface area contributed by atoms with Crippen molar-refractivity contribution in [3.8, 4) is 0 Å². The molecule has 0 aromatic rings. The van der Waals surface area contributed by atoms with Crippen molar-refractivity contribution in [2.45, 2.75) is 6.03 Å². The molecule has 0 aliphatic carbocycles. The van der Waals surface area contributed by atoms with Gasteiger partial charge in [0, 0.05) is 0 Å². The van der Waals surface area contributed by atoms with E-state index < -0.39 is 17.9 Å². The maximum atomic E-state index is 12.1. The molecule has 0 aromatic heterocycles. The minimum Gasteiger partial charge on any atom is -0.405 e. The number of hydrogen-bond donors (Lipinski definition) is 3. The van der Waals surface area contributed by atoms with Crippen molar-refractivity contribution in [3.05, 3.63) is 11.9 Å². The molecule has 1 aliphatic heterocycles. The van der Waals surface area contributed by atoms with E-state index in [0.717, 1.165) is 0 Å². The van der Waals surface area contributed by atoms with Crippen molar-refractivity contribution in [1.29, 1.82) is 0 Å². The van der Waals surface area contributed by atoms with Gasteiger partial charge >= 0.3 is 12.0 Å². The molecule has 0 fully saturated rings. The van der Waals surface area contributed by atoms with E-state index in [1.54, 1.807) is 0 Å². The second kappa shape index (κ2) is 1.49. The molecule has 0 saturated heterocycles. The molecule has 1 heterocycles. The molecule has 0 amide bonds. The molecule has 1 aliphatic rings. The quantitative estimate of drug-likeness (QED) is 0.355. The van der Waals surface area contributed by atoms with Crippen molar-refractivity contribution < 1.29 is 13.9 Å². The first kappa shape index (κ1) is 6.12. The summed E-state index contributed by atoms with van der Waals surface area (Å²) in [5, 5.41) is 0. The second-order valence-corrected chi connectivity index (χ2v) is 1.56. The van der Waals surface area contributed by atoms with Crippen molar-refractivity contribution in [1.82, 2.24) is 0 Å². The highest BCUT2D eigenvalue weighted by atomic mass is 19.1. The van der Waals surface area contributed by atoms with Gasteiger partial charge in [0.2, 0.25) is 0 Å². The first-order valence-corrected chi connectivity index (χ1v) is 2.12. The van der Waals surface area contributed by atoms with Crippen LogP contribution in [0, 0.1) is 0 Å². The Morgan fingerprint density at radius 1 is 1.33 bits per heavy atom. The maximum absolute atomic E-state index is 12.1. The Morgan fingerprint density at radius 2 is 1.89 bits per heavy atom.